The van der Waals surface area contributed by atoms with E-state index in [1.165, 1.54) is 36.4 Å². The fraction of sp³-hybridized carbons (Fsp3) is 0.118. The highest BCUT2D eigenvalue weighted by Crippen LogP contribution is 2.31. The Morgan fingerprint density at radius 2 is 1.83 bits per heavy atom. The standard InChI is InChI=1S/C17H10Cl2F3NO/c18-12-7-8-15(19)13(10-12)16(24)23-9-3-5-11-4-1-2-6-14(11)17(20,21)22/h1-2,4,6-8,10H,9H2,(H,23,24). The number of carbonyl (C=O) groups is 1. The van der Waals surface area contributed by atoms with E-state index in [0.717, 1.165) is 6.07 Å². The lowest BCUT2D eigenvalue weighted by Crippen LogP contribution is -2.23. The van der Waals surface area contributed by atoms with Gasteiger partial charge < -0.3 is 5.32 Å². The summed E-state index contributed by atoms with van der Waals surface area (Å²) < 4.78 is 38.5. The van der Waals surface area contributed by atoms with Gasteiger partial charge in [-0.15, -0.1) is 0 Å². The monoisotopic (exact) mass is 371 g/mol. The van der Waals surface area contributed by atoms with Gasteiger partial charge in [-0.3, -0.25) is 4.79 Å². The molecule has 2 nitrogen and oxygen atoms in total. The van der Waals surface area contributed by atoms with Crippen LogP contribution in [0.15, 0.2) is 42.5 Å². The number of hydrogen-bond donors (Lipinski definition) is 1. The molecular weight excluding hydrogens is 362 g/mol. The third-order valence-electron chi connectivity index (χ3n) is 2.97. The summed E-state index contributed by atoms with van der Waals surface area (Å²) in [4.78, 5) is 12.0. The topological polar surface area (TPSA) is 29.1 Å². The molecule has 0 heterocycles. The number of nitrogens with one attached hydrogen (secondary N) is 1. The summed E-state index contributed by atoms with van der Waals surface area (Å²) in [6.45, 7) is -0.131. The normalized spacial score (nSPS) is 10.7. The van der Waals surface area contributed by atoms with Crippen LogP contribution in [0.25, 0.3) is 0 Å². The Kier molecular flexibility index (Phi) is 5.76. The molecule has 2 aromatic carbocycles. The summed E-state index contributed by atoms with van der Waals surface area (Å²) in [5, 5.41) is 3.02. The number of halogens is 5. The van der Waals surface area contributed by atoms with E-state index in [0.29, 0.717) is 5.02 Å². The highest BCUT2D eigenvalue weighted by Gasteiger charge is 2.32. The van der Waals surface area contributed by atoms with E-state index in [1.54, 1.807) is 0 Å². The van der Waals surface area contributed by atoms with Crippen LogP contribution in [0.3, 0.4) is 0 Å². The molecule has 7 heteroatoms. The third-order valence-corrected chi connectivity index (χ3v) is 3.53. The van der Waals surface area contributed by atoms with Crippen LogP contribution in [0.4, 0.5) is 13.2 Å². The Morgan fingerprint density at radius 1 is 1.12 bits per heavy atom. The average Bonchev–Trinajstić information content (AvgIpc) is 2.53. The molecule has 124 valence electrons. The van der Waals surface area contributed by atoms with Crippen LogP contribution in [-0.2, 0) is 6.18 Å². The molecule has 0 unspecified atom stereocenters. The largest absolute Gasteiger partial charge is 0.417 e. The minimum Gasteiger partial charge on any atom is -0.341 e. The summed E-state index contributed by atoms with van der Waals surface area (Å²) in [5.41, 5.74) is -0.802. The van der Waals surface area contributed by atoms with Crippen molar-refractivity contribution in [1.82, 2.24) is 5.32 Å². The van der Waals surface area contributed by atoms with Gasteiger partial charge in [0.1, 0.15) is 0 Å². The first-order chi connectivity index (χ1) is 11.3. The number of hydrogen-bond acceptors (Lipinski definition) is 1. The summed E-state index contributed by atoms with van der Waals surface area (Å²) >= 11 is 11.7. The molecule has 0 aliphatic rings. The summed E-state index contributed by atoms with van der Waals surface area (Å²) in [6.07, 6.45) is -4.48. The van der Waals surface area contributed by atoms with E-state index in [1.807, 2.05) is 0 Å². The lowest BCUT2D eigenvalue weighted by Gasteiger charge is -2.08. The van der Waals surface area contributed by atoms with Gasteiger partial charge in [-0.1, -0.05) is 47.2 Å². The van der Waals surface area contributed by atoms with Gasteiger partial charge in [-0.2, -0.15) is 13.2 Å². The highest BCUT2D eigenvalue weighted by molar-refractivity contribution is 6.35. The second kappa shape index (κ2) is 7.61. The molecule has 0 radical (unpaired) electrons. The fourth-order valence-corrected chi connectivity index (χ4v) is 2.25. The van der Waals surface area contributed by atoms with Crippen molar-refractivity contribution in [1.29, 1.82) is 0 Å². The van der Waals surface area contributed by atoms with Crippen LogP contribution in [-0.4, -0.2) is 12.5 Å². The Labute approximate surface area is 146 Å². The molecule has 0 fully saturated rings. The summed E-state index contributed by atoms with van der Waals surface area (Å²) in [6, 6.07) is 9.38. The Morgan fingerprint density at radius 3 is 2.54 bits per heavy atom. The van der Waals surface area contributed by atoms with Gasteiger partial charge >= 0.3 is 6.18 Å². The van der Waals surface area contributed by atoms with Crippen LogP contribution in [0, 0.1) is 11.8 Å². The number of alkyl halides is 3. The molecule has 0 spiro atoms. The summed E-state index contributed by atoms with van der Waals surface area (Å²) in [7, 11) is 0. The number of benzene rings is 2. The van der Waals surface area contributed by atoms with E-state index in [2.05, 4.69) is 17.2 Å². The maximum absolute atomic E-state index is 12.8. The van der Waals surface area contributed by atoms with Crippen molar-refractivity contribution in [2.75, 3.05) is 6.54 Å². The summed E-state index contributed by atoms with van der Waals surface area (Å²) in [5.74, 6) is 4.39. The van der Waals surface area contributed by atoms with Gasteiger partial charge in [-0.05, 0) is 30.3 Å². The second-order valence-electron chi connectivity index (χ2n) is 4.65. The van der Waals surface area contributed by atoms with Gasteiger partial charge in [0.05, 0.1) is 22.7 Å². The molecule has 0 aliphatic heterocycles. The molecular formula is C17H10Cl2F3NO. The first-order valence-electron chi connectivity index (χ1n) is 6.67. The number of carbonyl (C=O) groups excluding carboxylic acids is 1. The van der Waals surface area contributed by atoms with Crippen molar-refractivity contribution in [3.05, 3.63) is 69.2 Å². The maximum atomic E-state index is 12.8. The minimum atomic E-state index is -4.48. The van der Waals surface area contributed by atoms with Crippen molar-refractivity contribution >= 4 is 29.1 Å². The van der Waals surface area contributed by atoms with Crippen molar-refractivity contribution in [2.24, 2.45) is 0 Å². The Balaban J connectivity index is 2.07. The van der Waals surface area contributed by atoms with Crippen molar-refractivity contribution < 1.29 is 18.0 Å². The highest BCUT2D eigenvalue weighted by atomic mass is 35.5. The average molecular weight is 372 g/mol. The zero-order valence-corrected chi connectivity index (χ0v) is 13.6. The molecule has 0 saturated heterocycles. The van der Waals surface area contributed by atoms with Gasteiger partial charge in [0.15, 0.2) is 0 Å². The van der Waals surface area contributed by atoms with Crippen molar-refractivity contribution in [2.45, 2.75) is 6.18 Å². The molecule has 0 bridgehead atoms. The fourth-order valence-electron chi connectivity index (χ4n) is 1.87. The molecule has 2 rings (SSSR count). The first kappa shape index (κ1) is 18.2. The molecule has 0 aromatic heterocycles. The minimum absolute atomic E-state index is 0.131. The predicted molar refractivity (Wildman–Crippen MR) is 87.1 cm³/mol. The first-order valence-corrected chi connectivity index (χ1v) is 7.43. The van der Waals surface area contributed by atoms with Gasteiger partial charge in [0.25, 0.3) is 5.91 Å². The van der Waals surface area contributed by atoms with Gasteiger partial charge in [0.2, 0.25) is 0 Å². The molecule has 2 aromatic rings. The lowest BCUT2D eigenvalue weighted by molar-refractivity contribution is -0.137. The molecule has 1 amide bonds. The zero-order valence-electron chi connectivity index (χ0n) is 12.0. The second-order valence-corrected chi connectivity index (χ2v) is 5.50. The molecule has 0 saturated carbocycles. The van der Waals surface area contributed by atoms with Crippen LogP contribution in [0.1, 0.15) is 21.5 Å². The Hall–Kier alpha value is -2.16. The van der Waals surface area contributed by atoms with Crippen molar-refractivity contribution in [3.8, 4) is 11.8 Å². The molecule has 24 heavy (non-hydrogen) atoms. The smallest absolute Gasteiger partial charge is 0.341 e. The van der Waals surface area contributed by atoms with E-state index in [-0.39, 0.29) is 22.7 Å². The van der Waals surface area contributed by atoms with Gasteiger partial charge in [-0.25, -0.2) is 0 Å². The maximum Gasteiger partial charge on any atom is 0.417 e. The van der Waals surface area contributed by atoms with Gasteiger partial charge in [0, 0.05) is 10.6 Å². The molecule has 0 aliphatic carbocycles. The molecule has 0 atom stereocenters. The van der Waals surface area contributed by atoms with E-state index in [9.17, 15) is 18.0 Å². The third kappa shape index (κ3) is 4.67. The Bertz CT molecular complexity index is 823. The van der Waals surface area contributed by atoms with E-state index < -0.39 is 17.6 Å². The SMILES string of the molecule is O=C(NCC#Cc1ccccc1C(F)(F)F)c1cc(Cl)ccc1Cl. The lowest BCUT2D eigenvalue weighted by atomic mass is 10.1. The van der Waals surface area contributed by atoms with E-state index >= 15 is 0 Å². The number of rotatable bonds is 2. The zero-order chi connectivity index (χ0) is 17.7. The van der Waals surface area contributed by atoms with Crippen LogP contribution in [0.2, 0.25) is 10.0 Å². The van der Waals surface area contributed by atoms with E-state index in [4.69, 9.17) is 23.2 Å². The quantitative estimate of drug-likeness (QED) is 0.755. The number of amides is 1. The molecule has 1 N–H and O–H groups in total. The predicted octanol–water partition coefficient (Wildman–Crippen LogP) is 4.79. The van der Waals surface area contributed by atoms with Crippen LogP contribution in [0.5, 0.6) is 0 Å². The van der Waals surface area contributed by atoms with Crippen LogP contribution >= 0.6 is 23.2 Å². The van der Waals surface area contributed by atoms with Crippen LogP contribution < -0.4 is 5.32 Å². The van der Waals surface area contributed by atoms with Crippen molar-refractivity contribution in [3.63, 3.8) is 0 Å².